The summed E-state index contributed by atoms with van der Waals surface area (Å²) in [5.74, 6) is -0.190. The zero-order chi connectivity index (χ0) is 18.7. The molecule has 0 aliphatic carbocycles. The number of carbonyl (C=O) groups excluding carboxylic acids is 1. The number of nitrogens with zero attached hydrogens (tertiary/aromatic N) is 2. The van der Waals surface area contributed by atoms with Crippen molar-refractivity contribution < 1.29 is 17.9 Å². The van der Waals surface area contributed by atoms with Gasteiger partial charge < -0.3 is 9.64 Å². The van der Waals surface area contributed by atoms with Gasteiger partial charge in [0, 0.05) is 26.2 Å². The first-order chi connectivity index (χ1) is 12.4. The minimum atomic E-state index is -3.58. The Morgan fingerprint density at radius 2 is 1.85 bits per heavy atom. The van der Waals surface area contributed by atoms with E-state index in [1.165, 1.54) is 26.2 Å². The molecule has 1 amide bonds. The molecule has 1 fully saturated rings. The summed E-state index contributed by atoms with van der Waals surface area (Å²) in [4.78, 5) is 14.7. The van der Waals surface area contributed by atoms with Gasteiger partial charge in [0.2, 0.25) is 10.0 Å². The van der Waals surface area contributed by atoms with Gasteiger partial charge in [-0.15, -0.1) is 0 Å². The van der Waals surface area contributed by atoms with Gasteiger partial charge in [0.25, 0.3) is 5.91 Å². The molecule has 1 unspecified atom stereocenters. The zero-order valence-electron chi connectivity index (χ0n) is 14.8. The number of hydrogen-bond acceptors (Lipinski definition) is 4. The molecule has 3 rings (SSSR count). The Labute approximate surface area is 154 Å². The second kappa shape index (κ2) is 7.57. The van der Waals surface area contributed by atoms with Crippen LogP contribution in [-0.4, -0.2) is 57.3 Å². The average molecular weight is 374 g/mol. The number of morpholine rings is 1. The van der Waals surface area contributed by atoms with Crippen molar-refractivity contribution in [2.24, 2.45) is 0 Å². The van der Waals surface area contributed by atoms with Crippen LogP contribution in [0.4, 0.5) is 0 Å². The molecule has 0 aromatic heterocycles. The van der Waals surface area contributed by atoms with E-state index >= 15 is 0 Å². The molecule has 1 heterocycles. The van der Waals surface area contributed by atoms with E-state index < -0.39 is 10.0 Å². The number of sulfonamides is 1. The SMILES string of the molecule is CN(C)S(=O)(=O)c1cccc(C(=O)N2CCOC(c3ccccc3)C2)c1. The van der Waals surface area contributed by atoms with Crippen LogP contribution in [0.3, 0.4) is 0 Å². The van der Waals surface area contributed by atoms with Crippen LogP contribution >= 0.6 is 0 Å². The first-order valence-corrected chi connectivity index (χ1v) is 9.82. The zero-order valence-corrected chi connectivity index (χ0v) is 15.6. The maximum absolute atomic E-state index is 12.9. The molecular formula is C19H22N2O4S. The van der Waals surface area contributed by atoms with Crippen LogP contribution in [0.15, 0.2) is 59.5 Å². The Balaban J connectivity index is 1.81. The summed E-state index contributed by atoms with van der Waals surface area (Å²) in [6, 6.07) is 15.9. The third kappa shape index (κ3) is 3.80. The maximum atomic E-state index is 12.9. The summed E-state index contributed by atoms with van der Waals surface area (Å²) in [5.41, 5.74) is 1.38. The Hall–Kier alpha value is -2.22. The van der Waals surface area contributed by atoms with E-state index in [1.807, 2.05) is 30.3 Å². The van der Waals surface area contributed by atoms with E-state index in [9.17, 15) is 13.2 Å². The van der Waals surface area contributed by atoms with E-state index in [2.05, 4.69) is 0 Å². The number of amides is 1. The minimum Gasteiger partial charge on any atom is -0.370 e. The van der Waals surface area contributed by atoms with E-state index in [0.717, 1.165) is 9.87 Å². The van der Waals surface area contributed by atoms with E-state index in [0.29, 0.717) is 25.3 Å². The Kier molecular flexibility index (Phi) is 5.41. The number of benzene rings is 2. The van der Waals surface area contributed by atoms with Crippen molar-refractivity contribution in [1.29, 1.82) is 0 Å². The second-order valence-corrected chi connectivity index (χ2v) is 8.49. The highest BCUT2D eigenvalue weighted by atomic mass is 32.2. The summed E-state index contributed by atoms with van der Waals surface area (Å²) >= 11 is 0. The largest absolute Gasteiger partial charge is 0.370 e. The predicted molar refractivity (Wildman–Crippen MR) is 98.4 cm³/mol. The van der Waals surface area contributed by atoms with Crippen LogP contribution in [0.25, 0.3) is 0 Å². The fourth-order valence-electron chi connectivity index (χ4n) is 2.89. The molecule has 1 aliphatic rings. The Morgan fingerprint density at radius 1 is 1.12 bits per heavy atom. The lowest BCUT2D eigenvalue weighted by Gasteiger charge is -2.33. The summed E-state index contributed by atoms with van der Waals surface area (Å²) < 4.78 is 31.5. The quantitative estimate of drug-likeness (QED) is 0.822. The molecule has 7 heteroatoms. The molecule has 0 bridgehead atoms. The molecule has 138 valence electrons. The molecule has 0 radical (unpaired) electrons. The lowest BCUT2D eigenvalue weighted by Crippen LogP contribution is -2.42. The molecule has 0 spiro atoms. The highest BCUT2D eigenvalue weighted by Crippen LogP contribution is 2.24. The number of ether oxygens (including phenoxy) is 1. The standard InChI is InChI=1S/C19H22N2O4S/c1-20(2)26(23,24)17-10-6-9-16(13-17)19(22)21-11-12-25-18(14-21)15-7-4-3-5-8-15/h3-10,13,18H,11-12,14H2,1-2H3. The van der Waals surface area contributed by atoms with Gasteiger partial charge in [0.05, 0.1) is 18.0 Å². The summed E-state index contributed by atoms with van der Waals surface area (Å²) in [6.45, 7) is 1.36. The fraction of sp³-hybridized carbons (Fsp3) is 0.316. The van der Waals surface area contributed by atoms with Crippen molar-refractivity contribution in [3.8, 4) is 0 Å². The molecular weight excluding hydrogens is 352 g/mol. The third-order valence-electron chi connectivity index (χ3n) is 4.38. The van der Waals surface area contributed by atoms with Crippen molar-refractivity contribution >= 4 is 15.9 Å². The fourth-order valence-corrected chi connectivity index (χ4v) is 3.83. The van der Waals surface area contributed by atoms with Crippen LogP contribution < -0.4 is 0 Å². The minimum absolute atomic E-state index is 0.112. The van der Waals surface area contributed by atoms with Gasteiger partial charge in [-0.25, -0.2) is 12.7 Å². The van der Waals surface area contributed by atoms with Crippen LogP contribution in [0.1, 0.15) is 22.0 Å². The van der Waals surface area contributed by atoms with Gasteiger partial charge >= 0.3 is 0 Å². The molecule has 1 aliphatic heterocycles. The normalized spacial score (nSPS) is 18.1. The van der Waals surface area contributed by atoms with Crippen molar-refractivity contribution in [2.45, 2.75) is 11.0 Å². The average Bonchev–Trinajstić information content (AvgIpc) is 2.68. The first-order valence-electron chi connectivity index (χ1n) is 8.38. The second-order valence-electron chi connectivity index (χ2n) is 6.34. The summed E-state index contributed by atoms with van der Waals surface area (Å²) in [5, 5.41) is 0. The monoisotopic (exact) mass is 374 g/mol. The van der Waals surface area contributed by atoms with Crippen LogP contribution in [0, 0.1) is 0 Å². The van der Waals surface area contributed by atoms with Gasteiger partial charge in [0.1, 0.15) is 6.10 Å². The molecule has 0 N–H and O–H groups in total. The summed E-state index contributed by atoms with van der Waals surface area (Å²) in [6.07, 6.45) is -0.178. The molecule has 26 heavy (non-hydrogen) atoms. The number of carbonyl (C=O) groups is 1. The molecule has 2 aromatic rings. The molecule has 2 aromatic carbocycles. The van der Waals surface area contributed by atoms with E-state index in [-0.39, 0.29) is 16.9 Å². The van der Waals surface area contributed by atoms with Gasteiger partial charge in [-0.2, -0.15) is 0 Å². The molecule has 0 saturated carbocycles. The topological polar surface area (TPSA) is 66.9 Å². The first kappa shape index (κ1) is 18.6. The van der Waals surface area contributed by atoms with Crippen molar-refractivity contribution in [2.75, 3.05) is 33.8 Å². The van der Waals surface area contributed by atoms with Crippen LogP contribution in [0.5, 0.6) is 0 Å². The molecule has 1 saturated heterocycles. The number of rotatable bonds is 4. The highest BCUT2D eigenvalue weighted by molar-refractivity contribution is 7.89. The lowest BCUT2D eigenvalue weighted by molar-refractivity contribution is -0.0228. The Morgan fingerprint density at radius 3 is 2.54 bits per heavy atom. The van der Waals surface area contributed by atoms with Gasteiger partial charge in [-0.1, -0.05) is 36.4 Å². The molecule has 6 nitrogen and oxygen atoms in total. The van der Waals surface area contributed by atoms with Crippen LogP contribution in [0.2, 0.25) is 0 Å². The number of hydrogen-bond donors (Lipinski definition) is 0. The van der Waals surface area contributed by atoms with Crippen LogP contribution in [-0.2, 0) is 14.8 Å². The van der Waals surface area contributed by atoms with Crippen molar-refractivity contribution in [1.82, 2.24) is 9.21 Å². The van der Waals surface area contributed by atoms with E-state index in [4.69, 9.17) is 4.74 Å². The lowest BCUT2D eigenvalue weighted by atomic mass is 10.1. The smallest absolute Gasteiger partial charge is 0.254 e. The van der Waals surface area contributed by atoms with Crippen molar-refractivity contribution in [3.63, 3.8) is 0 Å². The Bertz CT molecular complexity index is 881. The van der Waals surface area contributed by atoms with Gasteiger partial charge in [0.15, 0.2) is 0 Å². The predicted octanol–water partition coefficient (Wildman–Crippen LogP) is 2.15. The van der Waals surface area contributed by atoms with Gasteiger partial charge in [-0.3, -0.25) is 4.79 Å². The van der Waals surface area contributed by atoms with E-state index in [1.54, 1.807) is 17.0 Å². The third-order valence-corrected chi connectivity index (χ3v) is 6.20. The highest BCUT2D eigenvalue weighted by Gasteiger charge is 2.27. The maximum Gasteiger partial charge on any atom is 0.254 e. The summed E-state index contributed by atoms with van der Waals surface area (Å²) in [7, 11) is -0.642. The van der Waals surface area contributed by atoms with Crippen molar-refractivity contribution in [3.05, 3.63) is 65.7 Å². The van der Waals surface area contributed by atoms with Gasteiger partial charge in [-0.05, 0) is 23.8 Å². The molecule has 1 atom stereocenters.